The summed E-state index contributed by atoms with van der Waals surface area (Å²) in [7, 11) is 1.47. The first kappa shape index (κ1) is 13.3. The molecule has 0 radical (unpaired) electrons. The zero-order chi connectivity index (χ0) is 12.8. The summed E-state index contributed by atoms with van der Waals surface area (Å²) in [5, 5.41) is 16.2. The van der Waals surface area contributed by atoms with Crippen molar-refractivity contribution in [1.82, 2.24) is 16.0 Å². The lowest BCUT2D eigenvalue weighted by Crippen LogP contribution is -2.47. The second-order valence-electron chi connectivity index (χ2n) is 3.98. The lowest BCUT2D eigenvalue weighted by atomic mass is 10.0. The van der Waals surface area contributed by atoms with Gasteiger partial charge in [-0.05, 0) is 12.8 Å². The SMILES string of the molecule is CNC(=O)CNC(=O)NC1CCCC1C(=O)O. The van der Waals surface area contributed by atoms with Crippen molar-refractivity contribution in [2.75, 3.05) is 13.6 Å². The van der Waals surface area contributed by atoms with Gasteiger partial charge in [-0.1, -0.05) is 6.42 Å². The summed E-state index contributed by atoms with van der Waals surface area (Å²) in [6, 6.07) is -0.857. The van der Waals surface area contributed by atoms with Crippen LogP contribution in [0.4, 0.5) is 4.79 Å². The Labute approximate surface area is 98.9 Å². The molecule has 0 bridgehead atoms. The summed E-state index contributed by atoms with van der Waals surface area (Å²) >= 11 is 0. The molecule has 1 aliphatic rings. The summed E-state index contributed by atoms with van der Waals surface area (Å²) < 4.78 is 0. The fraction of sp³-hybridized carbons (Fsp3) is 0.700. The summed E-state index contributed by atoms with van der Waals surface area (Å²) in [6.07, 6.45) is 2.03. The van der Waals surface area contributed by atoms with Gasteiger partial charge in [0, 0.05) is 13.1 Å². The van der Waals surface area contributed by atoms with Gasteiger partial charge in [0.25, 0.3) is 0 Å². The zero-order valence-corrected chi connectivity index (χ0v) is 9.66. The Morgan fingerprint density at radius 2 is 2.00 bits per heavy atom. The number of likely N-dealkylation sites (N-methyl/N-ethyl adjacent to an activating group) is 1. The molecule has 1 saturated carbocycles. The molecule has 4 N–H and O–H groups in total. The Hall–Kier alpha value is -1.79. The highest BCUT2D eigenvalue weighted by molar-refractivity contribution is 5.84. The first-order valence-electron chi connectivity index (χ1n) is 5.52. The number of carboxylic acid groups (broad SMARTS) is 1. The Kier molecular flexibility index (Phi) is 4.74. The summed E-state index contributed by atoms with van der Waals surface area (Å²) in [4.78, 5) is 33.1. The minimum absolute atomic E-state index is 0.118. The Morgan fingerprint density at radius 3 is 2.59 bits per heavy atom. The van der Waals surface area contributed by atoms with E-state index in [1.165, 1.54) is 7.05 Å². The quantitative estimate of drug-likeness (QED) is 0.523. The summed E-state index contributed by atoms with van der Waals surface area (Å²) in [6.45, 7) is -0.118. The first-order valence-corrected chi connectivity index (χ1v) is 5.52. The van der Waals surface area contributed by atoms with E-state index < -0.39 is 17.9 Å². The Bertz CT molecular complexity index is 319. The molecule has 17 heavy (non-hydrogen) atoms. The maximum absolute atomic E-state index is 11.4. The van der Waals surface area contributed by atoms with Gasteiger partial charge in [0.15, 0.2) is 0 Å². The number of hydrogen-bond donors (Lipinski definition) is 4. The van der Waals surface area contributed by atoms with Gasteiger partial charge < -0.3 is 21.1 Å². The second kappa shape index (κ2) is 6.07. The van der Waals surface area contributed by atoms with Crippen LogP contribution in [0.3, 0.4) is 0 Å². The topological polar surface area (TPSA) is 108 Å². The maximum atomic E-state index is 11.4. The number of aliphatic carboxylic acids is 1. The van der Waals surface area contributed by atoms with E-state index >= 15 is 0 Å². The van der Waals surface area contributed by atoms with E-state index in [1.807, 2.05) is 0 Å². The maximum Gasteiger partial charge on any atom is 0.315 e. The molecule has 0 spiro atoms. The average Bonchev–Trinajstić information content (AvgIpc) is 2.74. The van der Waals surface area contributed by atoms with Crippen molar-refractivity contribution in [3.05, 3.63) is 0 Å². The van der Waals surface area contributed by atoms with Crippen LogP contribution < -0.4 is 16.0 Å². The van der Waals surface area contributed by atoms with Crippen LogP contribution in [-0.4, -0.2) is 42.6 Å². The highest BCUT2D eigenvalue weighted by atomic mass is 16.4. The van der Waals surface area contributed by atoms with E-state index in [2.05, 4.69) is 16.0 Å². The van der Waals surface area contributed by atoms with Gasteiger partial charge in [-0.25, -0.2) is 4.79 Å². The van der Waals surface area contributed by atoms with Gasteiger partial charge >= 0.3 is 12.0 Å². The normalized spacial score (nSPS) is 22.9. The molecule has 0 saturated heterocycles. The van der Waals surface area contributed by atoms with Crippen LogP contribution >= 0.6 is 0 Å². The van der Waals surface area contributed by atoms with Crippen molar-refractivity contribution in [3.8, 4) is 0 Å². The third kappa shape index (κ3) is 3.93. The van der Waals surface area contributed by atoms with E-state index in [9.17, 15) is 14.4 Å². The van der Waals surface area contributed by atoms with E-state index in [1.54, 1.807) is 0 Å². The van der Waals surface area contributed by atoms with Crippen molar-refractivity contribution >= 4 is 17.9 Å². The molecule has 2 atom stereocenters. The van der Waals surface area contributed by atoms with E-state index in [0.717, 1.165) is 6.42 Å². The smallest absolute Gasteiger partial charge is 0.315 e. The monoisotopic (exact) mass is 243 g/mol. The fourth-order valence-electron chi connectivity index (χ4n) is 1.90. The Balaban J connectivity index is 2.35. The molecule has 1 aliphatic carbocycles. The molecule has 0 heterocycles. The van der Waals surface area contributed by atoms with Crippen molar-refractivity contribution in [1.29, 1.82) is 0 Å². The molecule has 7 heteroatoms. The van der Waals surface area contributed by atoms with Crippen LogP contribution in [0.25, 0.3) is 0 Å². The number of carbonyl (C=O) groups is 3. The second-order valence-corrected chi connectivity index (χ2v) is 3.98. The zero-order valence-electron chi connectivity index (χ0n) is 9.66. The van der Waals surface area contributed by atoms with Gasteiger partial charge in [-0.3, -0.25) is 9.59 Å². The molecule has 2 unspecified atom stereocenters. The highest BCUT2D eigenvalue weighted by Crippen LogP contribution is 2.25. The van der Waals surface area contributed by atoms with Crippen molar-refractivity contribution in [2.45, 2.75) is 25.3 Å². The lowest BCUT2D eigenvalue weighted by Gasteiger charge is -2.17. The van der Waals surface area contributed by atoms with Gasteiger partial charge in [0.1, 0.15) is 0 Å². The largest absolute Gasteiger partial charge is 0.481 e. The van der Waals surface area contributed by atoms with Crippen LogP contribution in [0.5, 0.6) is 0 Å². The number of rotatable bonds is 4. The molecule has 1 rings (SSSR count). The molecular weight excluding hydrogens is 226 g/mol. The van der Waals surface area contributed by atoms with Crippen LogP contribution in [0.1, 0.15) is 19.3 Å². The van der Waals surface area contributed by atoms with Crippen LogP contribution in [0, 0.1) is 5.92 Å². The molecule has 1 fully saturated rings. The predicted molar refractivity (Wildman–Crippen MR) is 59.4 cm³/mol. The van der Waals surface area contributed by atoms with Crippen molar-refractivity contribution in [3.63, 3.8) is 0 Å². The van der Waals surface area contributed by atoms with E-state index in [0.29, 0.717) is 12.8 Å². The lowest BCUT2D eigenvalue weighted by molar-refractivity contribution is -0.142. The Morgan fingerprint density at radius 1 is 1.29 bits per heavy atom. The number of urea groups is 1. The molecule has 7 nitrogen and oxygen atoms in total. The third-order valence-electron chi connectivity index (χ3n) is 2.84. The fourth-order valence-corrected chi connectivity index (χ4v) is 1.90. The molecular formula is C10H17N3O4. The highest BCUT2D eigenvalue weighted by Gasteiger charge is 2.33. The van der Waals surface area contributed by atoms with Gasteiger partial charge in [-0.15, -0.1) is 0 Å². The number of carboxylic acids is 1. The first-order chi connectivity index (χ1) is 8.04. The number of hydrogen-bond acceptors (Lipinski definition) is 3. The van der Waals surface area contributed by atoms with Crippen molar-refractivity contribution < 1.29 is 19.5 Å². The molecule has 0 aromatic rings. The minimum atomic E-state index is -0.890. The molecule has 0 aromatic heterocycles. The summed E-state index contributed by atoms with van der Waals surface area (Å²) in [5.74, 6) is -1.72. The molecule has 0 aliphatic heterocycles. The third-order valence-corrected chi connectivity index (χ3v) is 2.84. The average molecular weight is 243 g/mol. The van der Waals surface area contributed by atoms with Gasteiger partial charge in [0.05, 0.1) is 12.5 Å². The van der Waals surface area contributed by atoms with Gasteiger partial charge in [-0.2, -0.15) is 0 Å². The molecule has 0 aromatic carbocycles. The molecule has 3 amide bonds. The van der Waals surface area contributed by atoms with E-state index in [-0.39, 0.29) is 18.5 Å². The molecule has 96 valence electrons. The van der Waals surface area contributed by atoms with Crippen molar-refractivity contribution in [2.24, 2.45) is 5.92 Å². The van der Waals surface area contributed by atoms with Crippen LogP contribution in [-0.2, 0) is 9.59 Å². The van der Waals surface area contributed by atoms with Gasteiger partial charge in [0.2, 0.25) is 5.91 Å². The van der Waals surface area contributed by atoms with E-state index in [4.69, 9.17) is 5.11 Å². The predicted octanol–water partition coefficient (Wildman–Crippen LogP) is -0.715. The van der Waals surface area contributed by atoms with Crippen LogP contribution in [0.15, 0.2) is 0 Å². The van der Waals surface area contributed by atoms with Crippen LogP contribution in [0.2, 0.25) is 0 Å². The number of nitrogens with one attached hydrogen (secondary N) is 3. The minimum Gasteiger partial charge on any atom is -0.481 e. The number of amides is 3. The standard InChI is InChI=1S/C10H17N3O4/c1-11-8(14)5-12-10(17)13-7-4-2-3-6(7)9(15)16/h6-7H,2-5H2,1H3,(H,11,14)(H,15,16)(H2,12,13,17). The number of carbonyl (C=O) groups excluding carboxylic acids is 2. The summed E-state index contributed by atoms with van der Waals surface area (Å²) in [5.41, 5.74) is 0.